The summed E-state index contributed by atoms with van der Waals surface area (Å²) in [6.07, 6.45) is 3.99. The number of hydrogen-bond acceptors (Lipinski definition) is 4. The van der Waals surface area contributed by atoms with Crippen molar-refractivity contribution >= 4 is 23.3 Å². The zero-order valence-corrected chi connectivity index (χ0v) is 14.3. The molecule has 1 aliphatic rings. The number of aryl methyl sites for hydroxylation is 2. The molecule has 2 aromatic rings. The van der Waals surface area contributed by atoms with E-state index in [1.807, 2.05) is 13.0 Å². The van der Waals surface area contributed by atoms with Gasteiger partial charge in [0.1, 0.15) is 11.0 Å². The number of hydrogen-bond donors (Lipinski definition) is 1. The minimum Gasteiger partial charge on any atom is -0.367 e. The van der Waals surface area contributed by atoms with E-state index < -0.39 is 0 Å². The van der Waals surface area contributed by atoms with E-state index in [0.717, 1.165) is 17.1 Å². The first-order valence-corrected chi connectivity index (χ1v) is 7.99. The molecular formula is C16H20ClN5O. The van der Waals surface area contributed by atoms with Crippen LogP contribution in [-0.2, 0) is 13.6 Å². The molecule has 6 nitrogen and oxygen atoms in total. The minimum atomic E-state index is -0.0882. The molecular weight excluding hydrogens is 314 g/mol. The second-order valence-corrected chi connectivity index (χ2v) is 6.35. The monoisotopic (exact) mass is 333 g/mol. The van der Waals surface area contributed by atoms with Crippen molar-refractivity contribution in [3.63, 3.8) is 0 Å². The number of anilines is 1. The first kappa shape index (κ1) is 15.8. The highest BCUT2D eigenvalue weighted by Gasteiger charge is 2.22. The van der Waals surface area contributed by atoms with Gasteiger partial charge in [-0.3, -0.25) is 9.48 Å². The molecule has 0 aromatic carbocycles. The smallest absolute Gasteiger partial charge is 0.255 e. The average molecular weight is 334 g/mol. The number of nitrogens with zero attached hydrogens (tertiary/aromatic N) is 4. The predicted octanol–water partition coefficient (Wildman–Crippen LogP) is 2.62. The van der Waals surface area contributed by atoms with E-state index in [-0.39, 0.29) is 5.91 Å². The number of rotatable bonds is 5. The standard InChI is InChI=1S/C16H20ClN5O/c1-10-13(15(17)22(3)20-10)9-21(2)16(23)11-4-7-14(18-8-11)19-12-5-6-12/h4,7-8,12H,5-6,9H2,1-3H3,(H,18,19). The molecule has 0 aliphatic heterocycles. The van der Waals surface area contributed by atoms with Gasteiger partial charge in [-0.25, -0.2) is 4.98 Å². The fourth-order valence-electron chi connectivity index (χ4n) is 2.43. The highest BCUT2D eigenvalue weighted by Crippen LogP contribution is 2.24. The molecule has 0 atom stereocenters. The molecule has 3 rings (SSSR count). The highest BCUT2D eigenvalue weighted by molar-refractivity contribution is 6.30. The lowest BCUT2D eigenvalue weighted by Crippen LogP contribution is -2.26. The Morgan fingerprint density at radius 1 is 1.48 bits per heavy atom. The summed E-state index contributed by atoms with van der Waals surface area (Å²) in [5.74, 6) is 0.729. The van der Waals surface area contributed by atoms with Gasteiger partial charge in [-0.05, 0) is 31.9 Å². The number of aromatic nitrogens is 3. The van der Waals surface area contributed by atoms with E-state index in [2.05, 4.69) is 15.4 Å². The van der Waals surface area contributed by atoms with Gasteiger partial charge in [0.05, 0.1) is 17.8 Å². The van der Waals surface area contributed by atoms with Gasteiger partial charge < -0.3 is 10.2 Å². The second kappa shape index (κ2) is 6.20. The van der Waals surface area contributed by atoms with Crippen LogP contribution < -0.4 is 5.32 Å². The molecule has 1 saturated carbocycles. The van der Waals surface area contributed by atoms with Crippen LogP contribution in [0, 0.1) is 6.92 Å². The lowest BCUT2D eigenvalue weighted by molar-refractivity contribution is 0.0784. The summed E-state index contributed by atoms with van der Waals surface area (Å²) in [6, 6.07) is 4.19. The van der Waals surface area contributed by atoms with Crippen molar-refractivity contribution in [2.45, 2.75) is 32.4 Å². The van der Waals surface area contributed by atoms with Gasteiger partial charge in [-0.15, -0.1) is 0 Å². The highest BCUT2D eigenvalue weighted by atomic mass is 35.5. The van der Waals surface area contributed by atoms with Crippen LogP contribution >= 0.6 is 11.6 Å². The number of carbonyl (C=O) groups is 1. The maximum atomic E-state index is 12.5. The Bertz CT molecular complexity index is 721. The van der Waals surface area contributed by atoms with Gasteiger partial charge in [0.2, 0.25) is 0 Å². The second-order valence-electron chi connectivity index (χ2n) is 5.99. The van der Waals surface area contributed by atoms with E-state index in [1.54, 1.807) is 35.9 Å². The van der Waals surface area contributed by atoms with Crippen molar-refractivity contribution in [1.29, 1.82) is 0 Å². The third-order valence-corrected chi connectivity index (χ3v) is 4.42. The van der Waals surface area contributed by atoms with Crippen LogP contribution in [0.5, 0.6) is 0 Å². The normalized spacial score (nSPS) is 13.9. The molecule has 7 heteroatoms. The van der Waals surface area contributed by atoms with E-state index in [4.69, 9.17) is 11.6 Å². The summed E-state index contributed by atoms with van der Waals surface area (Å²) in [7, 11) is 3.54. The van der Waals surface area contributed by atoms with Crippen molar-refractivity contribution in [2.24, 2.45) is 7.05 Å². The van der Waals surface area contributed by atoms with Crippen LogP contribution in [0.25, 0.3) is 0 Å². The van der Waals surface area contributed by atoms with Crippen LogP contribution in [0.15, 0.2) is 18.3 Å². The fourth-order valence-corrected chi connectivity index (χ4v) is 2.66. The van der Waals surface area contributed by atoms with Crippen LogP contribution in [-0.4, -0.2) is 38.7 Å². The lowest BCUT2D eigenvalue weighted by Gasteiger charge is -2.17. The van der Waals surface area contributed by atoms with Crippen LogP contribution in [0.3, 0.4) is 0 Å². The van der Waals surface area contributed by atoms with Crippen molar-refractivity contribution in [1.82, 2.24) is 19.7 Å². The van der Waals surface area contributed by atoms with E-state index in [1.165, 1.54) is 12.8 Å². The van der Waals surface area contributed by atoms with Gasteiger partial charge in [-0.2, -0.15) is 5.10 Å². The van der Waals surface area contributed by atoms with E-state index in [0.29, 0.717) is 23.3 Å². The van der Waals surface area contributed by atoms with Gasteiger partial charge in [0.25, 0.3) is 5.91 Å². The third-order valence-electron chi connectivity index (χ3n) is 3.95. The quantitative estimate of drug-likeness (QED) is 0.913. The minimum absolute atomic E-state index is 0.0882. The van der Waals surface area contributed by atoms with Crippen LogP contribution in [0.4, 0.5) is 5.82 Å². The fraction of sp³-hybridized carbons (Fsp3) is 0.438. The molecule has 1 amide bonds. The summed E-state index contributed by atoms with van der Waals surface area (Å²) in [4.78, 5) is 18.5. The molecule has 23 heavy (non-hydrogen) atoms. The first-order chi connectivity index (χ1) is 11.0. The molecule has 0 saturated heterocycles. The number of amides is 1. The Labute approximate surface area is 140 Å². The zero-order chi connectivity index (χ0) is 16.6. The number of halogens is 1. The largest absolute Gasteiger partial charge is 0.367 e. The predicted molar refractivity (Wildman–Crippen MR) is 89.6 cm³/mol. The first-order valence-electron chi connectivity index (χ1n) is 7.61. The molecule has 122 valence electrons. The van der Waals surface area contributed by atoms with E-state index in [9.17, 15) is 4.79 Å². The van der Waals surface area contributed by atoms with Crippen LogP contribution in [0.2, 0.25) is 5.15 Å². The average Bonchev–Trinajstić information content (AvgIpc) is 3.31. The van der Waals surface area contributed by atoms with Crippen molar-refractivity contribution < 1.29 is 4.79 Å². The summed E-state index contributed by atoms with van der Waals surface area (Å²) in [5, 5.41) is 8.13. The van der Waals surface area contributed by atoms with Crippen LogP contribution in [0.1, 0.15) is 34.5 Å². The number of carbonyl (C=O) groups excluding carboxylic acids is 1. The molecule has 1 N–H and O–H groups in total. The van der Waals surface area contributed by atoms with Crippen molar-refractivity contribution in [3.8, 4) is 0 Å². The van der Waals surface area contributed by atoms with Crippen molar-refractivity contribution in [2.75, 3.05) is 12.4 Å². The Hall–Kier alpha value is -2.08. The Morgan fingerprint density at radius 3 is 2.74 bits per heavy atom. The van der Waals surface area contributed by atoms with Gasteiger partial charge >= 0.3 is 0 Å². The molecule has 1 fully saturated rings. The van der Waals surface area contributed by atoms with Crippen molar-refractivity contribution in [3.05, 3.63) is 40.3 Å². The molecule has 0 unspecified atom stereocenters. The topological polar surface area (TPSA) is 63.1 Å². The molecule has 0 bridgehead atoms. The zero-order valence-electron chi connectivity index (χ0n) is 13.5. The van der Waals surface area contributed by atoms with Gasteiger partial charge in [0, 0.05) is 31.9 Å². The molecule has 0 radical (unpaired) electrons. The molecule has 0 spiro atoms. The lowest BCUT2D eigenvalue weighted by atomic mass is 10.2. The summed E-state index contributed by atoms with van der Waals surface area (Å²) in [5.41, 5.74) is 2.26. The Kier molecular flexibility index (Phi) is 4.26. The third kappa shape index (κ3) is 3.47. The summed E-state index contributed by atoms with van der Waals surface area (Å²) in [6.45, 7) is 2.30. The van der Waals surface area contributed by atoms with Gasteiger partial charge in [-0.1, -0.05) is 11.6 Å². The molecule has 2 aromatic heterocycles. The Balaban J connectivity index is 1.68. The number of pyridine rings is 1. The number of nitrogens with one attached hydrogen (secondary N) is 1. The molecule has 1 aliphatic carbocycles. The summed E-state index contributed by atoms with van der Waals surface area (Å²) < 4.78 is 1.62. The van der Waals surface area contributed by atoms with Gasteiger partial charge in [0.15, 0.2) is 0 Å². The molecule has 2 heterocycles. The van der Waals surface area contributed by atoms with E-state index >= 15 is 0 Å². The maximum Gasteiger partial charge on any atom is 0.255 e. The Morgan fingerprint density at radius 2 is 2.22 bits per heavy atom. The summed E-state index contributed by atoms with van der Waals surface area (Å²) >= 11 is 6.23. The maximum absolute atomic E-state index is 12.5. The SMILES string of the molecule is Cc1nn(C)c(Cl)c1CN(C)C(=O)c1ccc(NC2CC2)nc1.